The highest BCUT2D eigenvalue weighted by Crippen LogP contribution is 2.16. The van der Waals surface area contributed by atoms with Crippen molar-refractivity contribution in [3.8, 4) is 0 Å². The Labute approximate surface area is 118 Å². The van der Waals surface area contributed by atoms with Gasteiger partial charge in [-0.25, -0.2) is 14.6 Å². The fourth-order valence-electron chi connectivity index (χ4n) is 1.92. The third-order valence-electron chi connectivity index (χ3n) is 2.89. The molecule has 1 aromatic rings. The number of ether oxygens (including phenoxy) is 1. The van der Waals surface area contributed by atoms with Crippen molar-refractivity contribution in [1.29, 1.82) is 0 Å². The molecule has 2 heterocycles. The van der Waals surface area contributed by atoms with Gasteiger partial charge in [0.2, 0.25) is 5.01 Å². The Morgan fingerprint density at radius 2 is 2.30 bits per heavy atom. The van der Waals surface area contributed by atoms with Gasteiger partial charge >= 0.3 is 12.1 Å². The second-order valence-electron chi connectivity index (χ2n) is 4.22. The maximum atomic E-state index is 12.1. The van der Waals surface area contributed by atoms with Crippen molar-refractivity contribution in [3.63, 3.8) is 0 Å². The molecule has 108 valence electrons. The maximum absolute atomic E-state index is 12.1. The molecule has 2 rings (SSSR count). The monoisotopic (exact) mass is 299 g/mol. The van der Waals surface area contributed by atoms with E-state index in [1.807, 2.05) is 0 Å². The highest BCUT2D eigenvalue weighted by atomic mass is 32.1. The zero-order valence-corrected chi connectivity index (χ0v) is 11.5. The van der Waals surface area contributed by atoms with E-state index in [0.29, 0.717) is 19.5 Å². The fraction of sp³-hybridized carbons (Fsp3) is 0.455. The topological polar surface area (TPSA) is 109 Å². The molecule has 8 nitrogen and oxygen atoms in total. The first-order valence-corrected chi connectivity index (χ1v) is 6.71. The molecule has 0 aromatic carbocycles. The number of nitrogens with zero attached hydrogens (tertiary/aromatic N) is 2. The van der Waals surface area contributed by atoms with Crippen molar-refractivity contribution < 1.29 is 24.2 Å². The molecule has 0 aliphatic carbocycles. The number of nitrogens with one attached hydrogen (secondary N) is 1. The predicted octanol–water partition coefficient (Wildman–Crippen LogP) is 0.412. The van der Waals surface area contributed by atoms with Gasteiger partial charge < -0.3 is 20.1 Å². The summed E-state index contributed by atoms with van der Waals surface area (Å²) >= 11 is 0.912. The average Bonchev–Trinajstić information content (AvgIpc) is 3.06. The molecule has 1 unspecified atom stereocenters. The number of carboxylic acids is 1. The molecule has 1 aliphatic heterocycles. The summed E-state index contributed by atoms with van der Waals surface area (Å²) in [4.78, 5) is 39.2. The summed E-state index contributed by atoms with van der Waals surface area (Å²) in [6.45, 7) is 0.835. The van der Waals surface area contributed by atoms with Crippen LogP contribution in [-0.4, -0.2) is 59.2 Å². The molecule has 0 bridgehead atoms. The molecule has 2 amide bonds. The Kier molecular flexibility index (Phi) is 4.18. The number of likely N-dealkylation sites (tertiary alicyclic amines) is 1. The van der Waals surface area contributed by atoms with Crippen molar-refractivity contribution in [1.82, 2.24) is 15.2 Å². The molecular weight excluding hydrogens is 286 g/mol. The lowest BCUT2D eigenvalue weighted by molar-refractivity contribution is 0.0696. The molecule has 1 atom stereocenters. The highest BCUT2D eigenvalue weighted by molar-refractivity contribution is 7.11. The lowest BCUT2D eigenvalue weighted by Crippen LogP contribution is -2.38. The van der Waals surface area contributed by atoms with Gasteiger partial charge in [-0.1, -0.05) is 0 Å². The van der Waals surface area contributed by atoms with Gasteiger partial charge in [-0.15, -0.1) is 11.3 Å². The smallest absolute Gasteiger partial charge is 0.407 e. The molecule has 0 radical (unpaired) electrons. The SMILES string of the molecule is COC(=O)NC1CCN(C(=O)c2csc(C(=O)O)n2)C1. The second-order valence-corrected chi connectivity index (χ2v) is 5.07. The standard InChI is InChI=1S/C11H13N3O5S/c1-19-11(18)12-6-2-3-14(4-6)9(15)7-5-20-8(13-7)10(16)17/h5-6H,2-4H2,1H3,(H,12,18)(H,16,17). The van der Waals surface area contributed by atoms with Crippen LogP contribution in [0.3, 0.4) is 0 Å². The lowest BCUT2D eigenvalue weighted by Gasteiger charge is -2.15. The van der Waals surface area contributed by atoms with Crippen LogP contribution in [0.25, 0.3) is 0 Å². The number of amides is 2. The molecule has 1 aromatic heterocycles. The zero-order valence-electron chi connectivity index (χ0n) is 10.7. The summed E-state index contributed by atoms with van der Waals surface area (Å²) in [5.41, 5.74) is 0.117. The van der Waals surface area contributed by atoms with Crippen LogP contribution in [0.1, 0.15) is 26.7 Å². The molecule has 1 saturated heterocycles. The summed E-state index contributed by atoms with van der Waals surface area (Å²) in [6, 6.07) is -0.163. The molecule has 2 N–H and O–H groups in total. The van der Waals surface area contributed by atoms with Crippen LogP contribution < -0.4 is 5.32 Å². The van der Waals surface area contributed by atoms with Crippen LogP contribution in [0.4, 0.5) is 4.79 Å². The van der Waals surface area contributed by atoms with Crippen LogP contribution in [0.2, 0.25) is 0 Å². The van der Waals surface area contributed by atoms with Crippen LogP contribution in [-0.2, 0) is 4.74 Å². The molecule has 0 saturated carbocycles. The summed E-state index contributed by atoms with van der Waals surface area (Å²) < 4.78 is 4.49. The third-order valence-corrected chi connectivity index (χ3v) is 3.72. The highest BCUT2D eigenvalue weighted by Gasteiger charge is 2.29. The molecular formula is C11H13N3O5S. The second kappa shape index (κ2) is 5.87. The van der Waals surface area contributed by atoms with Gasteiger partial charge in [0.15, 0.2) is 0 Å². The van der Waals surface area contributed by atoms with E-state index in [1.54, 1.807) is 0 Å². The lowest BCUT2D eigenvalue weighted by atomic mass is 10.3. The van der Waals surface area contributed by atoms with Crippen LogP contribution in [0, 0.1) is 0 Å². The zero-order chi connectivity index (χ0) is 14.7. The Bertz CT molecular complexity index is 544. The number of carbonyl (C=O) groups is 3. The van der Waals surface area contributed by atoms with E-state index >= 15 is 0 Å². The average molecular weight is 299 g/mol. The number of hydrogen-bond donors (Lipinski definition) is 2. The van der Waals surface area contributed by atoms with Gasteiger partial charge in [0.1, 0.15) is 5.69 Å². The predicted molar refractivity (Wildman–Crippen MR) is 68.9 cm³/mol. The van der Waals surface area contributed by atoms with E-state index in [4.69, 9.17) is 5.11 Å². The Balaban J connectivity index is 1.96. The first kappa shape index (κ1) is 14.3. The Hall–Kier alpha value is -2.16. The van der Waals surface area contributed by atoms with E-state index in [9.17, 15) is 14.4 Å². The third kappa shape index (κ3) is 3.05. The molecule has 1 aliphatic rings. The minimum atomic E-state index is -1.15. The van der Waals surface area contributed by atoms with Crippen molar-refractivity contribution in [2.45, 2.75) is 12.5 Å². The number of aromatic nitrogens is 1. The largest absolute Gasteiger partial charge is 0.476 e. The number of hydrogen-bond acceptors (Lipinski definition) is 6. The van der Waals surface area contributed by atoms with E-state index in [1.165, 1.54) is 17.4 Å². The number of rotatable bonds is 3. The Morgan fingerprint density at radius 1 is 1.55 bits per heavy atom. The molecule has 20 heavy (non-hydrogen) atoms. The minimum absolute atomic E-state index is 0.114. The molecule has 1 fully saturated rings. The van der Waals surface area contributed by atoms with Crippen molar-refractivity contribution in [3.05, 3.63) is 16.1 Å². The summed E-state index contributed by atoms with van der Waals surface area (Å²) in [7, 11) is 1.27. The van der Waals surface area contributed by atoms with Crippen LogP contribution in [0.5, 0.6) is 0 Å². The van der Waals surface area contributed by atoms with Crippen LogP contribution >= 0.6 is 11.3 Å². The van der Waals surface area contributed by atoms with Gasteiger partial charge in [0.25, 0.3) is 5.91 Å². The van der Waals surface area contributed by atoms with Gasteiger partial charge in [-0.2, -0.15) is 0 Å². The first-order valence-electron chi connectivity index (χ1n) is 5.84. The number of thiazole rings is 1. The summed E-state index contributed by atoms with van der Waals surface area (Å²) in [5, 5.41) is 12.7. The molecule has 0 spiro atoms. The van der Waals surface area contributed by atoms with E-state index < -0.39 is 12.1 Å². The number of methoxy groups -OCH3 is 1. The van der Waals surface area contributed by atoms with Crippen molar-refractivity contribution in [2.75, 3.05) is 20.2 Å². The number of carbonyl (C=O) groups excluding carboxylic acids is 2. The number of aromatic carboxylic acids is 1. The quantitative estimate of drug-likeness (QED) is 0.837. The van der Waals surface area contributed by atoms with Crippen molar-refractivity contribution >= 4 is 29.3 Å². The van der Waals surface area contributed by atoms with Gasteiger partial charge in [0.05, 0.1) is 13.2 Å². The normalized spacial score (nSPS) is 17.9. The first-order chi connectivity index (χ1) is 9.51. The van der Waals surface area contributed by atoms with Gasteiger partial charge in [-0.05, 0) is 6.42 Å². The summed E-state index contributed by atoms with van der Waals surface area (Å²) in [6.07, 6.45) is 0.0858. The van der Waals surface area contributed by atoms with E-state index in [-0.39, 0.29) is 22.7 Å². The van der Waals surface area contributed by atoms with Gasteiger partial charge in [-0.3, -0.25) is 4.79 Å². The Morgan fingerprint density at radius 3 is 2.90 bits per heavy atom. The number of carboxylic acid groups (broad SMARTS) is 1. The number of alkyl carbamates (subject to hydrolysis) is 1. The fourth-order valence-corrected chi connectivity index (χ4v) is 2.55. The maximum Gasteiger partial charge on any atom is 0.407 e. The minimum Gasteiger partial charge on any atom is -0.476 e. The van der Waals surface area contributed by atoms with E-state index in [0.717, 1.165) is 11.3 Å². The molecule has 9 heteroatoms. The van der Waals surface area contributed by atoms with Crippen molar-refractivity contribution in [2.24, 2.45) is 0 Å². The summed E-state index contributed by atoms with van der Waals surface area (Å²) in [5.74, 6) is -1.48. The van der Waals surface area contributed by atoms with Gasteiger partial charge in [0, 0.05) is 18.5 Å². The van der Waals surface area contributed by atoms with E-state index in [2.05, 4.69) is 15.0 Å². The van der Waals surface area contributed by atoms with Crippen LogP contribution in [0.15, 0.2) is 5.38 Å².